The minimum absolute atomic E-state index is 1.97. The van der Waals surface area contributed by atoms with E-state index in [1.807, 2.05) is 0 Å². The van der Waals surface area contributed by atoms with Gasteiger partial charge in [-0.25, -0.2) is 24.0 Å². The van der Waals surface area contributed by atoms with E-state index in [1.54, 1.807) is 0 Å². The van der Waals surface area contributed by atoms with Gasteiger partial charge in [-0.15, -0.1) is 0 Å². The molecule has 18 heavy (non-hydrogen) atoms. The van der Waals surface area contributed by atoms with Crippen molar-refractivity contribution in [3.63, 3.8) is 0 Å². The van der Waals surface area contributed by atoms with Gasteiger partial charge in [-0.3, -0.25) is 0 Å². The van der Waals surface area contributed by atoms with E-state index in [0.29, 0.717) is 0 Å². The lowest BCUT2D eigenvalue weighted by atomic mass is 10.2. The van der Waals surface area contributed by atoms with E-state index in [9.17, 15) is 24.0 Å². The molecular formula is C7H6O11. The van der Waals surface area contributed by atoms with Crippen LogP contribution in [0.3, 0.4) is 0 Å². The first-order valence-electron chi connectivity index (χ1n) is 3.96. The third kappa shape index (κ3) is 4.44. The number of carboxylic acid groups (broad SMARTS) is 3. The van der Waals surface area contributed by atoms with Crippen LogP contribution < -0.4 is 0 Å². The zero-order chi connectivity index (χ0) is 14.5. The van der Waals surface area contributed by atoms with Gasteiger partial charge >= 0.3 is 30.0 Å². The maximum atomic E-state index is 11.0. The minimum atomic E-state index is -2.66. The number of aliphatic carboxylic acids is 2. The Morgan fingerprint density at radius 2 is 1.44 bits per heavy atom. The van der Waals surface area contributed by atoms with Crippen molar-refractivity contribution >= 4 is 30.0 Å². The lowest BCUT2D eigenvalue weighted by Gasteiger charge is -2.15. The number of aliphatic hydroxyl groups is 1. The molecule has 0 amide bonds. The van der Waals surface area contributed by atoms with E-state index in [-0.39, 0.29) is 0 Å². The minimum Gasteiger partial charge on any atom is -0.479 e. The molecular weight excluding hydrogens is 260 g/mol. The molecule has 2 atom stereocenters. The Morgan fingerprint density at radius 3 is 1.78 bits per heavy atom. The van der Waals surface area contributed by atoms with Crippen molar-refractivity contribution in [2.75, 3.05) is 0 Å². The van der Waals surface area contributed by atoms with E-state index in [1.165, 1.54) is 0 Å². The van der Waals surface area contributed by atoms with Crippen molar-refractivity contribution in [1.29, 1.82) is 0 Å². The van der Waals surface area contributed by atoms with Gasteiger partial charge in [-0.1, -0.05) is 0 Å². The predicted octanol–water partition coefficient (Wildman–Crippen LogP) is -2.35. The molecule has 0 aliphatic carbocycles. The van der Waals surface area contributed by atoms with Gasteiger partial charge in [0, 0.05) is 0 Å². The Bertz CT molecular complexity index is 396. The third-order valence-corrected chi connectivity index (χ3v) is 1.37. The van der Waals surface area contributed by atoms with Crippen LogP contribution in [0.5, 0.6) is 0 Å². The van der Waals surface area contributed by atoms with Gasteiger partial charge in [-0.2, -0.15) is 0 Å². The summed E-state index contributed by atoms with van der Waals surface area (Å²) in [5.41, 5.74) is 0. The molecule has 0 bridgehead atoms. The van der Waals surface area contributed by atoms with Crippen LogP contribution in [0.2, 0.25) is 0 Å². The third-order valence-electron chi connectivity index (χ3n) is 1.37. The van der Waals surface area contributed by atoms with Crippen molar-refractivity contribution in [3.8, 4) is 0 Å². The monoisotopic (exact) mass is 266 g/mol. The summed E-state index contributed by atoms with van der Waals surface area (Å²) < 4.78 is 7.24. The fraction of sp³-hybridized carbons (Fsp3) is 0.286. The number of aliphatic hydroxyl groups excluding tert-OH is 1. The van der Waals surface area contributed by atoms with Crippen LogP contribution in [0.4, 0.5) is 4.79 Å². The molecule has 100 valence electrons. The summed E-state index contributed by atoms with van der Waals surface area (Å²) in [6.45, 7) is 0. The summed E-state index contributed by atoms with van der Waals surface area (Å²) in [4.78, 5) is 51.9. The maximum Gasteiger partial charge on any atom is 0.506 e. The zero-order valence-electron chi connectivity index (χ0n) is 8.30. The predicted molar refractivity (Wildman–Crippen MR) is 45.3 cm³/mol. The van der Waals surface area contributed by atoms with Gasteiger partial charge in [0.1, 0.15) is 0 Å². The molecule has 0 radical (unpaired) electrons. The van der Waals surface area contributed by atoms with Crippen molar-refractivity contribution in [3.05, 3.63) is 0 Å². The van der Waals surface area contributed by atoms with E-state index >= 15 is 0 Å². The molecule has 0 aliphatic heterocycles. The molecule has 0 aromatic heterocycles. The fourth-order valence-electron chi connectivity index (χ4n) is 0.673. The van der Waals surface area contributed by atoms with E-state index in [4.69, 9.17) is 20.4 Å². The van der Waals surface area contributed by atoms with Crippen LogP contribution in [0, 0.1) is 0 Å². The summed E-state index contributed by atoms with van der Waals surface area (Å²) >= 11 is 0. The van der Waals surface area contributed by atoms with Gasteiger partial charge in [0.25, 0.3) is 0 Å². The molecule has 0 fully saturated rings. The van der Waals surface area contributed by atoms with Crippen molar-refractivity contribution in [1.82, 2.24) is 0 Å². The number of carbonyl (C=O) groups excluding carboxylic acids is 2. The highest BCUT2D eigenvalue weighted by Gasteiger charge is 2.39. The van der Waals surface area contributed by atoms with Crippen molar-refractivity contribution < 1.29 is 53.9 Å². The van der Waals surface area contributed by atoms with Gasteiger partial charge in [0.05, 0.1) is 0 Å². The second-order valence-electron chi connectivity index (χ2n) is 2.60. The smallest absolute Gasteiger partial charge is 0.479 e. The average molecular weight is 266 g/mol. The molecule has 4 N–H and O–H groups in total. The molecule has 0 spiro atoms. The number of carboxylic acids is 2. The molecule has 11 nitrogen and oxygen atoms in total. The number of rotatable bonds is 4. The summed E-state index contributed by atoms with van der Waals surface area (Å²) in [6, 6.07) is 0. The highest BCUT2D eigenvalue weighted by molar-refractivity contribution is 6.30. The van der Waals surface area contributed by atoms with Crippen LogP contribution >= 0.6 is 0 Å². The first kappa shape index (κ1) is 15.3. The highest BCUT2D eigenvalue weighted by atomic mass is 16.7. The first-order valence-corrected chi connectivity index (χ1v) is 3.96. The van der Waals surface area contributed by atoms with Crippen LogP contribution in [-0.4, -0.2) is 62.7 Å². The normalized spacial score (nSPS) is 12.9. The first-order chi connectivity index (χ1) is 8.16. The summed E-state index contributed by atoms with van der Waals surface area (Å²) in [6.07, 6.45) is -7.39. The molecule has 0 aromatic carbocycles. The Labute approximate surface area is 97.1 Å². The van der Waals surface area contributed by atoms with Gasteiger partial charge < -0.3 is 29.9 Å². The fourth-order valence-corrected chi connectivity index (χ4v) is 0.673. The Morgan fingerprint density at radius 1 is 0.944 bits per heavy atom. The second-order valence-corrected chi connectivity index (χ2v) is 2.60. The Balaban J connectivity index is 4.91. The Hall–Kier alpha value is -2.69. The van der Waals surface area contributed by atoms with Crippen LogP contribution in [0.15, 0.2) is 0 Å². The SMILES string of the molecule is O=C(O)OC(C(=O)OC(=O)C(=O)O)C(O)C(=O)O. The van der Waals surface area contributed by atoms with Gasteiger partial charge in [0.2, 0.25) is 6.10 Å². The van der Waals surface area contributed by atoms with E-state index < -0.39 is 42.2 Å². The standard InChI is InChI=1S/C7H6O11/c8-1(3(9)10)2(17-7(15)16)5(13)18-6(14)4(11)12/h1-2,8H,(H,9,10)(H,11,12)(H,15,16). The Kier molecular flexibility index (Phi) is 5.23. The number of esters is 2. The van der Waals surface area contributed by atoms with Gasteiger partial charge in [0.15, 0.2) is 6.10 Å². The second kappa shape index (κ2) is 6.15. The number of ether oxygens (including phenoxy) is 2. The lowest BCUT2D eigenvalue weighted by Crippen LogP contribution is -2.44. The average Bonchev–Trinajstić information content (AvgIpc) is 2.23. The largest absolute Gasteiger partial charge is 0.506 e. The van der Waals surface area contributed by atoms with Crippen LogP contribution in [0.25, 0.3) is 0 Å². The quantitative estimate of drug-likeness (QED) is 0.242. The summed E-state index contributed by atoms with van der Waals surface area (Å²) in [5.74, 6) is -8.28. The molecule has 0 rings (SSSR count). The van der Waals surface area contributed by atoms with Crippen LogP contribution in [-0.2, 0) is 28.7 Å². The molecule has 11 heteroatoms. The number of carbonyl (C=O) groups is 5. The summed E-state index contributed by atoms with van der Waals surface area (Å²) in [5, 5.41) is 33.5. The number of hydrogen-bond acceptors (Lipinski definition) is 8. The topological polar surface area (TPSA) is 185 Å². The maximum absolute atomic E-state index is 11.0. The number of hydrogen-bond donors (Lipinski definition) is 4. The van der Waals surface area contributed by atoms with Crippen molar-refractivity contribution in [2.45, 2.75) is 12.2 Å². The molecule has 0 heterocycles. The molecule has 0 saturated heterocycles. The molecule has 0 aliphatic rings. The van der Waals surface area contributed by atoms with Crippen molar-refractivity contribution in [2.24, 2.45) is 0 Å². The van der Waals surface area contributed by atoms with Gasteiger partial charge in [-0.05, 0) is 0 Å². The lowest BCUT2D eigenvalue weighted by molar-refractivity contribution is -0.181. The molecule has 0 aromatic rings. The van der Waals surface area contributed by atoms with E-state index in [0.717, 1.165) is 0 Å². The molecule has 2 unspecified atom stereocenters. The van der Waals surface area contributed by atoms with E-state index in [2.05, 4.69) is 9.47 Å². The van der Waals surface area contributed by atoms with Crippen LogP contribution in [0.1, 0.15) is 0 Å². The zero-order valence-corrected chi connectivity index (χ0v) is 8.30. The molecule has 0 saturated carbocycles. The summed E-state index contributed by atoms with van der Waals surface area (Å²) in [7, 11) is 0. The highest BCUT2D eigenvalue weighted by Crippen LogP contribution is 2.04.